The number of hydrogen-bond donors (Lipinski definition) is 3. The number of aromatic nitrogens is 2. The Balaban J connectivity index is 1.59. The van der Waals surface area contributed by atoms with Crippen LogP contribution in [-0.4, -0.2) is 44.3 Å². The quantitative estimate of drug-likeness (QED) is 0.646. The zero-order chi connectivity index (χ0) is 19.7. The van der Waals surface area contributed by atoms with Crippen molar-refractivity contribution >= 4 is 5.91 Å². The van der Waals surface area contributed by atoms with Crippen LogP contribution in [0.2, 0.25) is 0 Å². The molecule has 1 amide bonds. The fourth-order valence-electron chi connectivity index (χ4n) is 3.77. The first-order valence-corrected chi connectivity index (χ1v) is 9.14. The third-order valence-corrected chi connectivity index (χ3v) is 5.18. The third kappa shape index (κ3) is 3.31. The Bertz CT molecular complexity index is 980. The monoisotopic (exact) mass is 381 g/mol. The summed E-state index contributed by atoms with van der Waals surface area (Å²) in [6.45, 7) is 0.978. The summed E-state index contributed by atoms with van der Waals surface area (Å²) >= 11 is 0. The normalized spacial score (nSPS) is 16.9. The van der Waals surface area contributed by atoms with E-state index in [-0.39, 0.29) is 28.8 Å². The summed E-state index contributed by atoms with van der Waals surface area (Å²) in [6, 6.07) is 10.5. The van der Waals surface area contributed by atoms with Crippen LogP contribution in [0.3, 0.4) is 0 Å². The lowest BCUT2D eigenvalue weighted by Gasteiger charge is -2.33. The minimum absolute atomic E-state index is 0.0215. The molecule has 144 valence electrons. The number of piperidine rings is 1. The van der Waals surface area contributed by atoms with Crippen molar-refractivity contribution in [2.75, 3.05) is 13.1 Å². The Morgan fingerprint density at radius 3 is 2.57 bits per heavy atom. The number of halogens is 1. The second-order valence-electron chi connectivity index (χ2n) is 6.97. The van der Waals surface area contributed by atoms with Crippen LogP contribution in [0.15, 0.2) is 48.7 Å². The molecule has 0 spiro atoms. The lowest BCUT2D eigenvalue weighted by molar-refractivity contribution is 0.0699. The van der Waals surface area contributed by atoms with Gasteiger partial charge in [0.05, 0.1) is 6.20 Å². The lowest BCUT2D eigenvalue weighted by Crippen LogP contribution is -2.39. The van der Waals surface area contributed by atoms with Crippen molar-refractivity contribution in [3.05, 3.63) is 65.7 Å². The highest BCUT2D eigenvalue weighted by Crippen LogP contribution is 2.35. The number of hydrogen-bond acceptors (Lipinski definition) is 4. The largest absolute Gasteiger partial charge is 0.507 e. The molecule has 7 heteroatoms. The van der Waals surface area contributed by atoms with Gasteiger partial charge in [-0.25, -0.2) is 4.39 Å². The number of rotatable bonds is 3. The number of H-pyrrole nitrogens is 1. The molecule has 1 aliphatic heterocycles. The molecule has 0 radical (unpaired) electrons. The molecule has 0 aliphatic carbocycles. The second-order valence-corrected chi connectivity index (χ2v) is 6.97. The van der Waals surface area contributed by atoms with E-state index in [2.05, 4.69) is 10.2 Å². The third-order valence-electron chi connectivity index (χ3n) is 5.18. The summed E-state index contributed by atoms with van der Waals surface area (Å²) < 4.78 is 13.2. The number of amides is 1. The summed E-state index contributed by atoms with van der Waals surface area (Å²) in [5.74, 6) is -1.15. The summed E-state index contributed by atoms with van der Waals surface area (Å²) in [7, 11) is 0. The number of likely N-dealkylation sites (tertiary alicyclic amines) is 1. The van der Waals surface area contributed by atoms with Crippen molar-refractivity contribution in [2.24, 2.45) is 0 Å². The van der Waals surface area contributed by atoms with Gasteiger partial charge in [0.1, 0.15) is 22.9 Å². The zero-order valence-electron chi connectivity index (χ0n) is 15.1. The first-order chi connectivity index (χ1) is 13.5. The molecule has 1 atom stereocenters. The highest BCUT2D eigenvalue weighted by molar-refractivity contribution is 5.99. The number of nitrogens with zero attached hydrogens (tertiary/aromatic N) is 2. The SMILES string of the molecule is O=C(c1c(O)cccc1O)N1CCC[C@H](c2[nH]ncc2-c2ccc(F)cc2)C1. The van der Waals surface area contributed by atoms with Gasteiger partial charge in [-0.05, 0) is 42.7 Å². The van der Waals surface area contributed by atoms with Crippen molar-refractivity contribution in [2.45, 2.75) is 18.8 Å². The standard InChI is InChI=1S/C21H20FN3O3/c22-15-8-6-13(7-9-15)16-11-23-24-20(16)14-3-2-10-25(12-14)21(28)19-17(26)4-1-5-18(19)27/h1,4-9,11,14,26-27H,2-3,10,12H2,(H,23,24)/t14-/m0/s1. The van der Waals surface area contributed by atoms with Crippen molar-refractivity contribution in [3.63, 3.8) is 0 Å². The molecule has 0 unspecified atom stereocenters. The van der Waals surface area contributed by atoms with Gasteiger partial charge in [0, 0.05) is 30.3 Å². The first kappa shape index (κ1) is 18.0. The van der Waals surface area contributed by atoms with Crippen LogP contribution in [-0.2, 0) is 0 Å². The molecule has 1 aromatic heterocycles. The smallest absolute Gasteiger partial charge is 0.261 e. The van der Waals surface area contributed by atoms with E-state index in [9.17, 15) is 19.4 Å². The van der Waals surface area contributed by atoms with Crippen LogP contribution in [0, 0.1) is 5.82 Å². The molecule has 1 fully saturated rings. The van der Waals surface area contributed by atoms with E-state index in [0.29, 0.717) is 13.1 Å². The van der Waals surface area contributed by atoms with Gasteiger partial charge in [-0.15, -0.1) is 0 Å². The van der Waals surface area contributed by atoms with Crippen LogP contribution in [0.1, 0.15) is 34.8 Å². The molecule has 2 aromatic carbocycles. The molecule has 1 saturated heterocycles. The molecule has 1 aliphatic rings. The molecular formula is C21H20FN3O3. The fraction of sp³-hybridized carbons (Fsp3) is 0.238. The number of phenols is 2. The average molecular weight is 381 g/mol. The van der Waals surface area contributed by atoms with Crippen LogP contribution in [0.5, 0.6) is 11.5 Å². The lowest BCUT2D eigenvalue weighted by atomic mass is 9.90. The van der Waals surface area contributed by atoms with Gasteiger partial charge in [-0.2, -0.15) is 5.10 Å². The van der Waals surface area contributed by atoms with Gasteiger partial charge in [0.15, 0.2) is 0 Å². The molecule has 4 rings (SSSR count). The number of carbonyl (C=O) groups excluding carboxylic acids is 1. The average Bonchev–Trinajstić information content (AvgIpc) is 3.18. The Morgan fingerprint density at radius 2 is 1.86 bits per heavy atom. The van der Waals surface area contributed by atoms with Crippen LogP contribution >= 0.6 is 0 Å². The molecular weight excluding hydrogens is 361 g/mol. The fourth-order valence-corrected chi connectivity index (χ4v) is 3.77. The van der Waals surface area contributed by atoms with Crippen molar-refractivity contribution in [3.8, 4) is 22.6 Å². The predicted octanol–water partition coefficient (Wildman–Crippen LogP) is 3.65. The number of phenolic OH excluding ortho intramolecular Hbond substituents is 2. The first-order valence-electron chi connectivity index (χ1n) is 9.14. The number of nitrogens with one attached hydrogen (secondary N) is 1. The van der Waals surface area contributed by atoms with E-state index in [1.807, 2.05) is 0 Å². The maximum atomic E-state index is 13.2. The highest BCUT2D eigenvalue weighted by atomic mass is 19.1. The number of carbonyl (C=O) groups is 1. The van der Waals surface area contributed by atoms with Gasteiger partial charge in [-0.3, -0.25) is 9.89 Å². The summed E-state index contributed by atoms with van der Waals surface area (Å²) in [4.78, 5) is 14.5. The van der Waals surface area contributed by atoms with E-state index in [4.69, 9.17) is 0 Å². The summed E-state index contributed by atoms with van der Waals surface area (Å²) in [5.41, 5.74) is 2.55. The highest BCUT2D eigenvalue weighted by Gasteiger charge is 2.30. The van der Waals surface area contributed by atoms with E-state index < -0.39 is 5.91 Å². The molecule has 0 bridgehead atoms. The number of benzene rings is 2. The predicted molar refractivity (Wildman–Crippen MR) is 102 cm³/mol. The van der Waals surface area contributed by atoms with Crippen molar-refractivity contribution in [1.82, 2.24) is 15.1 Å². The van der Waals surface area contributed by atoms with Gasteiger partial charge in [0.2, 0.25) is 0 Å². The molecule has 3 N–H and O–H groups in total. The van der Waals surface area contributed by atoms with Crippen LogP contribution in [0.4, 0.5) is 4.39 Å². The van der Waals surface area contributed by atoms with Crippen molar-refractivity contribution < 1.29 is 19.4 Å². The topological polar surface area (TPSA) is 89.5 Å². The van der Waals surface area contributed by atoms with E-state index in [1.54, 1.807) is 23.2 Å². The van der Waals surface area contributed by atoms with Gasteiger partial charge >= 0.3 is 0 Å². The number of aromatic amines is 1. The van der Waals surface area contributed by atoms with Gasteiger partial charge < -0.3 is 15.1 Å². The molecule has 2 heterocycles. The van der Waals surface area contributed by atoms with E-state index >= 15 is 0 Å². The Labute approximate surface area is 161 Å². The second kappa shape index (κ2) is 7.34. The minimum Gasteiger partial charge on any atom is -0.507 e. The maximum absolute atomic E-state index is 13.2. The molecule has 6 nitrogen and oxygen atoms in total. The Morgan fingerprint density at radius 1 is 1.14 bits per heavy atom. The summed E-state index contributed by atoms with van der Waals surface area (Å²) in [5, 5.41) is 27.2. The van der Waals surface area contributed by atoms with E-state index in [0.717, 1.165) is 29.7 Å². The minimum atomic E-state index is -0.400. The van der Waals surface area contributed by atoms with E-state index in [1.165, 1.54) is 30.3 Å². The Kier molecular flexibility index (Phi) is 4.73. The molecule has 28 heavy (non-hydrogen) atoms. The molecule has 0 saturated carbocycles. The maximum Gasteiger partial charge on any atom is 0.261 e. The van der Waals surface area contributed by atoms with Gasteiger partial charge in [-0.1, -0.05) is 18.2 Å². The summed E-state index contributed by atoms with van der Waals surface area (Å²) in [6.07, 6.45) is 3.36. The zero-order valence-corrected chi connectivity index (χ0v) is 15.1. The van der Waals surface area contributed by atoms with Gasteiger partial charge in [0.25, 0.3) is 5.91 Å². The van der Waals surface area contributed by atoms with Crippen LogP contribution in [0.25, 0.3) is 11.1 Å². The van der Waals surface area contributed by atoms with Crippen molar-refractivity contribution in [1.29, 1.82) is 0 Å². The van der Waals surface area contributed by atoms with Crippen LogP contribution < -0.4 is 0 Å². The number of aromatic hydroxyl groups is 2. The molecule has 3 aromatic rings. The Hall–Kier alpha value is -3.35.